The Labute approximate surface area is 180 Å². The second-order valence-corrected chi connectivity index (χ2v) is 8.58. The van der Waals surface area contributed by atoms with Crippen LogP contribution in [0, 0.1) is 11.3 Å². The highest BCUT2D eigenvalue weighted by Crippen LogP contribution is 2.40. The van der Waals surface area contributed by atoms with E-state index in [1.165, 1.54) is 11.8 Å². The van der Waals surface area contributed by atoms with Crippen LogP contribution in [0.15, 0.2) is 65.8 Å². The minimum Gasteiger partial charge on any atom is -0.310 e. The van der Waals surface area contributed by atoms with Gasteiger partial charge >= 0.3 is 0 Å². The summed E-state index contributed by atoms with van der Waals surface area (Å²) in [5.74, 6) is 1.35. The lowest BCUT2D eigenvalue weighted by Gasteiger charge is -2.24. The lowest BCUT2D eigenvalue weighted by molar-refractivity contribution is -0.117. The summed E-state index contributed by atoms with van der Waals surface area (Å²) in [4.78, 5) is 19.6. The molecule has 0 radical (unpaired) electrons. The van der Waals surface area contributed by atoms with Crippen LogP contribution in [-0.2, 0) is 4.79 Å². The maximum atomic E-state index is 13.2. The highest BCUT2D eigenvalue weighted by Gasteiger charge is 2.31. The molecule has 0 N–H and O–H groups in total. The van der Waals surface area contributed by atoms with Crippen molar-refractivity contribution in [3.05, 3.63) is 66.5 Å². The summed E-state index contributed by atoms with van der Waals surface area (Å²) in [5, 5.41) is 13.9. The van der Waals surface area contributed by atoms with E-state index in [0.29, 0.717) is 17.6 Å². The molecule has 30 heavy (non-hydrogen) atoms. The van der Waals surface area contributed by atoms with Crippen LogP contribution in [0.1, 0.15) is 37.9 Å². The fraction of sp³-hybridized carbons (Fsp3) is 0.304. The third-order valence-electron chi connectivity index (χ3n) is 4.97. The van der Waals surface area contributed by atoms with Gasteiger partial charge in [-0.25, -0.2) is 9.67 Å². The third-order valence-corrected chi connectivity index (χ3v) is 5.91. The summed E-state index contributed by atoms with van der Waals surface area (Å²) in [6.45, 7) is 2.23. The molecule has 1 aliphatic rings. The molecule has 1 fully saturated rings. The van der Waals surface area contributed by atoms with Crippen molar-refractivity contribution in [1.82, 2.24) is 14.8 Å². The number of carbonyl (C=O) groups excluding carboxylic acids is 1. The molecule has 6 nitrogen and oxygen atoms in total. The van der Waals surface area contributed by atoms with Gasteiger partial charge in [-0.1, -0.05) is 48.2 Å². The van der Waals surface area contributed by atoms with Crippen LogP contribution in [0.3, 0.4) is 0 Å². The molecule has 1 heterocycles. The Morgan fingerprint density at radius 2 is 1.87 bits per heavy atom. The third kappa shape index (κ3) is 4.55. The number of amides is 1. The highest BCUT2D eigenvalue weighted by molar-refractivity contribution is 8.00. The summed E-state index contributed by atoms with van der Waals surface area (Å²) < 4.78 is 1.90. The van der Waals surface area contributed by atoms with Crippen molar-refractivity contribution < 1.29 is 4.79 Å². The van der Waals surface area contributed by atoms with E-state index in [2.05, 4.69) is 6.07 Å². The van der Waals surface area contributed by atoms with Gasteiger partial charge in [0.2, 0.25) is 11.1 Å². The quantitative estimate of drug-likeness (QED) is 0.502. The molecule has 1 aromatic heterocycles. The van der Waals surface area contributed by atoms with Gasteiger partial charge in [0.15, 0.2) is 0 Å². The number of nitriles is 1. The van der Waals surface area contributed by atoms with E-state index in [1.807, 2.05) is 72.3 Å². The highest BCUT2D eigenvalue weighted by atomic mass is 32.2. The number of benzene rings is 2. The van der Waals surface area contributed by atoms with Crippen LogP contribution in [0.5, 0.6) is 0 Å². The van der Waals surface area contributed by atoms with E-state index in [-0.39, 0.29) is 17.6 Å². The van der Waals surface area contributed by atoms with Crippen molar-refractivity contribution in [1.29, 1.82) is 5.26 Å². The van der Waals surface area contributed by atoms with Gasteiger partial charge in [-0.05, 0) is 44.0 Å². The van der Waals surface area contributed by atoms with E-state index in [1.54, 1.807) is 4.90 Å². The average molecular weight is 418 g/mol. The standard InChI is InChI=1S/C23H23N5OS/c1-17(22(29)27(16-8-15-24)19-9-4-2-5-10-19)30-23-25-21(18-13-14-18)28(26-23)20-11-6-3-7-12-20/h2-7,9-12,17-18H,8,13-14,16H2,1H3/t17-/m1/s1. The van der Waals surface area contributed by atoms with Crippen molar-refractivity contribution >= 4 is 23.4 Å². The van der Waals surface area contributed by atoms with E-state index < -0.39 is 0 Å². The van der Waals surface area contributed by atoms with Crippen molar-refractivity contribution in [3.8, 4) is 11.8 Å². The van der Waals surface area contributed by atoms with Crippen LogP contribution in [-0.4, -0.2) is 32.5 Å². The molecule has 4 rings (SSSR count). The van der Waals surface area contributed by atoms with Gasteiger partial charge in [0.1, 0.15) is 5.82 Å². The molecule has 0 bridgehead atoms. The van der Waals surface area contributed by atoms with Crippen LogP contribution in [0.4, 0.5) is 5.69 Å². The average Bonchev–Trinajstić information content (AvgIpc) is 3.55. The Kier molecular flexibility index (Phi) is 6.15. The van der Waals surface area contributed by atoms with Gasteiger partial charge in [-0.3, -0.25) is 4.79 Å². The predicted octanol–water partition coefficient (Wildman–Crippen LogP) is 4.57. The molecule has 1 amide bonds. The van der Waals surface area contributed by atoms with Crippen LogP contribution in [0.2, 0.25) is 0 Å². The van der Waals surface area contributed by atoms with Gasteiger partial charge < -0.3 is 4.90 Å². The number of carbonyl (C=O) groups is 1. The van der Waals surface area contributed by atoms with Crippen LogP contribution >= 0.6 is 11.8 Å². The molecule has 0 saturated heterocycles. The maximum Gasteiger partial charge on any atom is 0.240 e. The summed E-state index contributed by atoms with van der Waals surface area (Å²) >= 11 is 1.37. The first-order valence-electron chi connectivity index (χ1n) is 10.1. The zero-order valence-corrected chi connectivity index (χ0v) is 17.6. The number of hydrogen-bond acceptors (Lipinski definition) is 5. The zero-order chi connectivity index (χ0) is 20.9. The molecule has 2 aromatic carbocycles. The van der Waals surface area contributed by atoms with Gasteiger partial charge in [-0.2, -0.15) is 5.26 Å². The molecule has 1 aliphatic carbocycles. The molecule has 0 spiro atoms. The van der Waals surface area contributed by atoms with Crippen LogP contribution in [0.25, 0.3) is 5.69 Å². The molecule has 0 unspecified atom stereocenters. The Morgan fingerprint density at radius 1 is 1.20 bits per heavy atom. The minimum atomic E-state index is -0.373. The van der Waals surface area contributed by atoms with Crippen LogP contribution < -0.4 is 4.90 Å². The second-order valence-electron chi connectivity index (χ2n) is 7.27. The molecule has 1 saturated carbocycles. The zero-order valence-electron chi connectivity index (χ0n) is 16.8. The summed E-state index contributed by atoms with van der Waals surface area (Å²) in [6, 6.07) is 21.6. The molecule has 152 valence electrons. The first kappa shape index (κ1) is 20.2. The first-order chi connectivity index (χ1) is 14.7. The van der Waals surface area contributed by atoms with Gasteiger partial charge in [0.05, 0.1) is 23.4 Å². The topological polar surface area (TPSA) is 74.8 Å². The monoisotopic (exact) mass is 417 g/mol. The second kappa shape index (κ2) is 9.14. The number of nitrogens with zero attached hydrogens (tertiary/aromatic N) is 5. The normalized spacial score (nSPS) is 14.1. The van der Waals surface area contributed by atoms with Gasteiger partial charge in [0.25, 0.3) is 0 Å². The minimum absolute atomic E-state index is 0.0505. The van der Waals surface area contributed by atoms with E-state index in [9.17, 15) is 4.79 Å². The van der Waals surface area contributed by atoms with Gasteiger partial charge in [0, 0.05) is 18.2 Å². The molecular weight excluding hydrogens is 394 g/mol. The maximum absolute atomic E-state index is 13.2. The van der Waals surface area contributed by atoms with Gasteiger partial charge in [-0.15, -0.1) is 5.10 Å². The summed E-state index contributed by atoms with van der Waals surface area (Å²) in [7, 11) is 0. The number of thioether (sulfide) groups is 1. The van der Waals surface area contributed by atoms with Crippen molar-refractivity contribution in [2.45, 2.75) is 42.5 Å². The number of anilines is 1. The smallest absolute Gasteiger partial charge is 0.240 e. The number of hydrogen-bond donors (Lipinski definition) is 0. The number of aromatic nitrogens is 3. The van der Waals surface area contributed by atoms with E-state index >= 15 is 0 Å². The Hall–Kier alpha value is -3.11. The lowest BCUT2D eigenvalue weighted by atomic mass is 10.2. The molecule has 7 heteroatoms. The number of para-hydroxylation sites is 2. The fourth-order valence-corrected chi connectivity index (χ4v) is 4.10. The van der Waals surface area contributed by atoms with E-state index in [0.717, 1.165) is 30.0 Å². The number of rotatable bonds is 8. The summed E-state index contributed by atoms with van der Waals surface area (Å²) in [5.41, 5.74) is 1.78. The Bertz CT molecular complexity index is 1040. The summed E-state index contributed by atoms with van der Waals surface area (Å²) in [6.07, 6.45) is 2.53. The van der Waals surface area contributed by atoms with Crippen molar-refractivity contribution in [2.24, 2.45) is 0 Å². The Morgan fingerprint density at radius 3 is 2.50 bits per heavy atom. The van der Waals surface area contributed by atoms with E-state index in [4.69, 9.17) is 15.3 Å². The predicted molar refractivity (Wildman–Crippen MR) is 118 cm³/mol. The van der Waals surface area contributed by atoms with Crippen molar-refractivity contribution in [3.63, 3.8) is 0 Å². The SMILES string of the molecule is C[C@@H](Sc1nc(C2CC2)n(-c2ccccc2)n1)C(=O)N(CCC#N)c1ccccc1. The van der Waals surface area contributed by atoms with Crippen molar-refractivity contribution in [2.75, 3.05) is 11.4 Å². The Balaban J connectivity index is 1.55. The lowest BCUT2D eigenvalue weighted by Crippen LogP contribution is -2.37. The molecule has 3 aromatic rings. The fourth-order valence-electron chi connectivity index (χ4n) is 3.28. The molecular formula is C23H23N5OS. The first-order valence-corrected chi connectivity index (χ1v) is 11.0. The molecule has 1 atom stereocenters. The largest absolute Gasteiger partial charge is 0.310 e. The molecule has 0 aliphatic heterocycles.